The summed E-state index contributed by atoms with van der Waals surface area (Å²) in [5.41, 5.74) is 5.75. The highest BCUT2D eigenvalue weighted by Gasteiger charge is 2.45. The number of carbonyl (C=O) groups excluding carboxylic acids is 2. The Morgan fingerprint density at radius 2 is 1.88 bits per heavy atom. The highest BCUT2D eigenvalue weighted by Crippen LogP contribution is 2.25. The van der Waals surface area contributed by atoms with Crippen LogP contribution in [0.15, 0.2) is 66.2 Å². The molecule has 0 bridgehead atoms. The van der Waals surface area contributed by atoms with E-state index in [1.165, 1.54) is 22.7 Å². The predicted octanol–water partition coefficient (Wildman–Crippen LogP) is 3.62. The average molecular weight is 471 g/mol. The van der Waals surface area contributed by atoms with Crippen LogP contribution >= 0.6 is 11.8 Å². The lowest BCUT2D eigenvalue weighted by Crippen LogP contribution is -2.59. The summed E-state index contributed by atoms with van der Waals surface area (Å²) in [6.45, 7) is 0.448. The van der Waals surface area contributed by atoms with Crippen LogP contribution in [0.5, 0.6) is 0 Å². The van der Waals surface area contributed by atoms with Gasteiger partial charge in [-0.25, -0.2) is 4.79 Å². The summed E-state index contributed by atoms with van der Waals surface area (Å²) in [5.74, 6) is -0.884. The van der Waals surface area contributed by atoms with Crippen molar-refractivity contribution in [3.05, 3.63) is 81.9 Å². The van der Waals surface area contributed by atoms with E-state index in [2.05, 4.69) is 5.32 Å². The number of esters is 1. The number of para-hydroxylation sites is 2. The number of benzene rings is 2. The molecule has 2 aromatic rings. The van der Waals surface area contributed by atoms with E-state index in [1.54, 1.807) is 29.8 Å². The number of nitrogens with two attached hydrogens (primary N) is 1. The number of nitrogens with one attached hydrogen (secondary N) is 1. The summed E-state index contributed by atoms with van der Waals surface area (Å²) in [6, 6.07) is 15.5. The van der Waals surface area contributed by atoms with Gasteiger partial charge in [-0.3, -0.25) is 14.9 Å². The lowest BCUT2D eigenvalue weighted by atomic mass is 9.92. The number of anilines is 1. The highest BCUT2D eigenvalue weighted by atomic mass is 32.2. The second-order valence-corrected chi connectivity index (χ2v) is 8.41. The Balaban J connectivity index is 1.59. The molecule has 0 saturated carbocycles. The molecule has 0 aromatic heterocycles. The summed E-state index contributed by atoms with van der Waals surface area (Å²) < 4.78 is 5.41. The lowest BCUT2D eigenvalue weighted by molar-refractivity contribution is -0.384. The highest BCUT2D eigenvalue weighted by molar-refractivity contribution is 8.02. The Morgan fingerprint density at radius 1 is 1.15 bits per heavy atom. The summed E-state index contributed by atoms with van der Waals surface area (Å²) in [7, 11) is 0. The van der Waals surface area contributed by atoms with Crippen molar-refractivity contribution >= 4 is 35.0 Å². The van der Waals surface area contributed by atoms with Crippen LogP contribution in [0.2, 0.25) is 0 Å². The van der Waals surface area contributed by atoms with Gasteiger partial charge in [-0.1, -0.05) is 42.5 Å². The maximum Gasteiger partial charge on any atom is 0.336 e. The summed E-state index contributed by atoms with van der Waals surface area (Å²) >= 11 is 1.43. The Morgan fingerprint density at radius 3 is 2.58 bits per heavy atom. The van der Waals surface area contributed by atoms with Crippen LogP contribution in [0.3, 0.4) is 0 Å². The van der Waals surface area contributed by atoms with E-state index in [0.717, 1.165) is 5.56 Å². The van der Waals surface area contributed by atoms with Crippen LogP contribution < -0.4 is 11.1 Å². The van der Waals surface area contributed by atoms with E-state index in [4.69, 9.17) is 10.5 Å². The first-order valence-corrected chi connectivity index (χ1v) is 11.5. The number of ether oxygens (including phenoxy) is 1. The van der Waals surface area contributed by atoms with Gasteiger partial charge in [0, 0.05) is 18.8 Å². The minimum atomic E-state index is -1.82. The van der Waals surface area contributed by atoms with Gasteiger partial charge in [-0.2, -0.15) is 0 Å². The average Bonchev–Trinajstić information content (AvgIpc) is 3.37. The number of hydrogen-bond acceptors (Lipinski definition) is 8. The Hall–Kier alpha value is -3.37. The van der Waals surface area contributed by atoms with Gasteiger partial charge in [0.2, 0.25) is 0 Å². The molecule has 1 atom stereocenters. The monoisotopic (exact) mass is 470 g/mol. The van der Waals surface area contributed by atoms with E-state index < -0.39 is 22.3 Å². The smallest absolute Gasteiger partial charge is 0.336 e. The molecule has 3 rings (SSSR count). The molecule has 1 heterocycles. The number of thioether (sulfide) groups is 1. The zero-order valence-electron chi connectivity index (χ0n) is 18.0. The van der Waals surface area contributed by atoms with E-state index in [0.29, 0.717) is 31.0 Å². The van der Waals surface area contributed by atoms with Crippen molar-refractivity contribution in [3.8, 4) is 0 Å². The molecule has 1 aliphatic heterocycles. The summed E-state index contributed by atoms with van der Waals surface area (Å²) in [4.78, 5) is 38.1. The standard InChI is InChI=1S/C23H26N4O5S/c24-23(21(28)26-14-15-33-17-26,22(29)32-16-18-8-2-1-3-9-18)12-6-7-13-25-19-10-4-5-11-20(19)27(30)31/h1-5,8-11,14-15,25H,6-7,12-13,16-17,24H2. The third kappa shape index (κ3) is 6.33. The predicted molar refractivity (Wildman–Crippen MR) is 127 cm³/mol. The molecule has 0 spiro atoms. The van der Waals surface area contributed by atoms with Gasteiger partial charge in [0.05, 0.1) is 10.8 Å². The van der Waals surface area contributed by atoms with Gasteiger partial charge in [-0.05, 0) is 36.3 Å². The molecule has 2 aromatic carbocycles. The normalized spacial score (nSPS) is 14.5. The van der Waals surface area contributed by atoms with Gasteiger partial charge < -0.3 is 20.7 Å². The molecule has 9 nitrogen and oxygen atoms in total. The number of nitrogens with zero attached hydrogens (tertiary/aromatic N) is 2. The van der Waals surface area contributed by atoms with Crippen molar-refractivity contribution in [3.63, 3.8) is 0 Å². The molecular weight excluding hydrogens is 444 g/mol. The first-order chi connectivity index (χ1) is 15.9. The molecule has 0 saturated heterocycles. The Bertz CT molecular complexity index is 1020. The number of unbranched alkanes of at least 4 members (excludes halogenated alkanes) is 1. The molecule has 1 aliphatic rings. The second kappa shape index (κ2) is 11.5. The minimum absolute atomic E-state index is 0.0105. The first kappa shape index (κ1) is 24.3. The third-order valence-corrected chi connectivity index (χ3v) is 5.93. The number of hydrogen-bond donors (Lipinski definition) is 2. The first-order valence-electron chi connectivity index (χ1n) is 10.5. The molecule has 0 aliphatic carbocycles. The molecule has 0 fully saturated rings. The maximum atomic E-state index is 13.1. The Kier molecular flexibility index (Phi) is 8.45. The minimum Gasteiger partial charge on any atom is -0.459 e. The van der Waals surface area contributed by atoms with Crippen molar-refractivity contribution in [1.82, 2.24) is 4.90 Å². The van der Waals surface area contributed by atoms with Gasteiger partial charge in [-0.15, -0.1) is 11.8 Å². The van der Waals surface area contributed by atoms with E-state index in [-0.39, 0.29) is 18.7 Å². The quantitative estimate of drug-likeness (QED) is 0.168. The second-order valence-electron chi connectivity index (χ2n) is 7.55. The van der Waals surface area contributed by atoms with Gasteiger partial charge >= 0.3 is 5.97 Å². The van der Waals surface area contributed by atoms with E-state index >= 15 is 0 Å². The third-order valence-electron chi connectivity index (χ3n) is 5.18. The number of amides is 1. The molecule has 1 amide bonds. The fourth-order valence-electron chi connectivity index (χ4n) is 3.35. The summed E-state index contributed by atoms with van der Waals surface area (Å²) in [6.07, 6.45) is 2.69. The van der Waals surface area contributed by atoms with E-state index in [1.807, 2.05) is 30.3 Å². The van der Waals surface area contributed by atoms with Crippen LogP contribution in [0.25, 0.3) is 0 Å². The fraction of sp³-hybridized carbons (Fsp3) is 0.304. The van der Waals surface area contributed by atoms with Crippen molar-refractivity contribution < 1.29 is 19.2 Å². The molecular formula is C23H26N4O5S. The number of rotatable bonds is 11. The van der Waals surface area contributed by atoms with Gasteiger partial charge in [0.1, 0.15) is 12.3 Å². The van der Waals surface area contributed by atoms with Gasteiger partial charge in [0.15, 0.2) is 5.54 Å². The lowest BCUT2D eigenvalue weighted by Gasteiger charge is -2.29. The Labute approximate surface area is 196 Å². The van der Waals surface area contributed by atoms with Crippen molar-refractivity contribution in [2.24, 2.45) is 5.73 Å². The zero-order chi connectivity index (χ0) is 23.7. The van der Waals surface area contributed by atoms with E-state index in [9.17, 15) is 19.7 Å². The molecule has 10 heteroatoms. The number of carbonyl (C=O) groups is 2. The molecule has 33 heavy (non-hydrogen) atoms. The van der Waals surface area contributed by atoms with Gasteiger partial charge in [0.25, 0.3) is 11.6 Å². The van der Waals surface area contributed by atoms with Crippen LogP contribution in [0.1, 0.15) is 24.8 Å². The number of nitro groups is 1. The van der Waals surface area contributed by atoms with Crippen LogP contribution in [-0.4, -0.2) is 39.7 Å². The summed E-state index contributed by atoms with van der Waals surface area (Å²) in [5, 5.41) is 15.9. The van der Waals surface area contributed by atoms with Crippen LogP contribution in [0, 0.1) is 10.1 Å². The molecule has 0 radical (unpaired) electrons. The SMILES string of the molecule is NC(CCCCNc1ccccc1[N+](=O)[O-])(C(=O)OCc1ccccc1)C(=O)N1C=CSC1. The maximum absolute atomic E-state index is 13.1. The van der Waals surface area contributed by atoms with Crippen molar-refractivity contribution in [1.29, 1.82) is 0 Å². The van der Waals surface area contributed by atoms with Crippen molar-refractivity contribution in [2.75, 3.05) is 17.7 Å². The molecule has 3 N–H and O–H groups in total. The fourth-order valence-corrected chi connectivity index (χ4v) is 4.03. The topological polar surface area (TPSA) is 128 Å². The molecule has 1 unspecified atom stereocenters. The largest absolute Gasteiger partial charge is 0.459 e. The zero-order valence-corrected chi connectivity index (χ0v) is 18.8. The van der Waals surface area contributed by atoms with Crippen LogP contribution in [0.4, 0.5) is 11.4 Å². The van der Waals surface area contributed by atoms with Crippen molar-refractivity contribution in [2.45, 2.75) is 31.4 Å². The molecule has 174 valence electrons. The number of nitro benzene ring substituents is 1. The van der Waals surface area contributed by atoms with Crippen LogP contribution in [-0.2, 0) is 20.9 Å².